The molecule has 0 amide bonds. The van der Waals surface area contributed by atoms with Gasteiger partial charge in [-0.05, 0) is 0 Å². The van der Waals surface area contributed by atoms with Gasteiger partial charge in [0, 0.05) is 0 Å². The summed E-state index contributed by atoms with van der Waals surface area (Å²) in [6.45, 7) is 7.34. The summed E-state index contributed by atoms with van der Waals surface area (Å²) in [5.74, 6) is 0. The molecule has 22 heavy (non-hydrogen) atoms. The summed E-state index contributed by atoms with van der Waals surface area (Å²) in [4.78, 5) is 0. The Morgan fingerprint density at radius 3 is 2.45 bits per heavy atom. The van der Waals surface area contributed by atoms with Crippen LogP contribution >= 0.6 is 24.8 Å². The van der Waals surface area contributed by atoms with E-state index in [2.05, 4.69) is 80.0 Å². The van der Waals surface area contributed by atoms with Crippen molar-refractivity contribution >= 4 is 37.8 Å². The summed E-state index contributed by atoms with van der Waals surface area (Å²) in [6.07, 6.45) is 13.1. The topological polar surface area (TPSA) is 0 Å². The molecule has 0 N–H and O–H groups in total. The zero-order chi connectivity index (χ0) is 14.4. The molecule has 1 aromatic carbocycles. The second-order valence-corrected chi connectivity index (χ2v) is 35.1. The summed E-state index contributed by atoms with van der Waals surface area (Å²) in [5, 5.41) is 0. The molecule has 0 fully saturated rings. The third-order valence-electron chi connectivity index (χ3n) is 5.96. The molecule has 1 aromatic rings. The molecule has 0 heterocycles. The fourth-order valence-electron chi connectivity index (χ4n) is 3.86. The summed E-state index contributed by atoms with van der Waals surface area (Å²) in [5.41, 5.74) is 3.02. The van der Waals surface area contributed by atoms with Crippen LogP contribution in [0, 0.1) is 0 Å². The number of benzene rings is 1. The standard InChI is InChI=1S/C9H7.C5H5.C3H7.CH3.2ClH.H2Si.Zr/c1-2-5-9-7-3-6-8(9)4-1;1-2-4-5-3-1;1-3-2;;;;;/h1-7H;1-3H,4H2;3H,1-2H3;1H3;2*1H;1H2;. The number of allylic oxidation sites excluding steroid dienone is 5. The molecular weight excluding hydrogens is 406 g/mol. The van der Waals surface area contributed by atoms with Crippen LogP contribution in [0.2, 0.25) is 8.26 Å². The van der Waals surface area contributed by atoms with Gasteiger partial charge in [-0.2, -0.15) is 0 Å². The third kappa shape index (κ3) is 2.81. The largest absolute Gasteiger partial charge is 0.147 e. The second-order valence-electron chi connectivity index (χ2n) is 7.17. The van der Waals surface area contributed by atoms with E-state index in [-0.39, 0.29) is 24.8 Å². The van der Waals surface area contributed by atoms with E-state index in [0.717, 1.165) is 3.63 Å². The smallest absolute Gasteiger partial charge is 0.147 e. The van der Waals surface area contributed by atoms with Gasteiger partial charge >= 0.3 is 125 Å². The summed E-state index contributed by atoms with van der Waals surface area (Å²) in [6, 6.07) is 9.00. The number of fused-ring (bicyclic) bond motifs is 1. The van der Waals surface area contributed by atoms with Gasteiger partial charge in [0.2, 0.25) is 0 Å². The monoisotopic (exact) mass is 430 g/mol. The molecular formula is C18H26Cl2SiZr. The van der Waals surface area contributed by atoms with Gasteiger partial charge in [-0.1, -0.05) is 0 Å². The van der Waals surface area contributed by atoms with Crippen LogP contribution in [0.3, 0.4) is 0 Å². The fourth-order valence-corrected chi connectivity index (χ4v) is 19.5. The van der Waals surface area contributed by atoms with E-state index in [0.29, 0.717) is 3.63 Å². The minimum absolute atomic E-state index is 0. The Morgan fingerprint density at radius 1 is 1.18 bits per heavy atom. The van der Waals surface area contributed by atoms with Crippen molar-refractivity contribution in [3.8, 4) is 0 Å². The van der Waals surface area contributed by atoms with Gasteiger partial charge in [0.1, 0.15) is 0 Å². The van der Waals surface area contributed by atoms with E-state index in [1.54, 1.807) is 8.84 Å². The van der Waals surface area contributed by atoms with E-state index < -0.39 is 17.4 Å². The minimum atomic E-state index is -3.02. The van der Waals surface area contributed by atoms with Gasteiger partial charge in [-0.25, -0.2) is 0 Å². The molecule has 0 spiro atoms. The molecule has 0 aromatic heterocycles. The Balaban J connectivity index is 0.00000121. The third-order valence-corrected chi connectivity index (χ3v) is 34.9. The van der Waals surface area contributed by atoms with Crippen molar-refractivity contribution < 1.29 is 17.4 Å². The van der Waals surface area contributed by atoms with Crippen LogP contribution < -0.4 is 0 Å². The molecule has 0 aliphatic heterocycles. The van der Waals surface area contributed by atoms with Gasteiger partial charge in [0.15, 0.2) is 0 Å². The van der Waals surface area contributed by atoms with Crippen molar-refractivity contribution in [3.05, 3.63) is 63.0 Å². The van der Waals surface area contributed by atoms with Crippen LogP contribution in [-0.2, 0) is 17.4 Å². The first-order chi connectivity index (χ1) is 9.44. The van der Waals surface area contributed by atoms with Crippen LogP contribution in [0.5, 0.6) is 0 Å². The normalized spacial score (nSPS) is 19.5. The Bertz CT molecular complexity index is 716. The van der Waals surface area contributed by atoms with Crippen molar-refractivity contribution in [1.82, 2.24) is 0 Å². The molecule has 0 radical (unpaired) electrons. The quantitative estimate of drug-likeness (QED) is 0.549. The maximum atomic E-state index is 2.68. The summed E-state index contributed by atoms with van der Waals surface area (Å²) >= 11 is -3.02. The van der Waals surface area contributed by atoms with E-state index >= 15 is 0 Å². The first-order valence-electron chi connectivity index (χ1n) is 7.62. The number of halogens is 2. The summed E-state index contributed by atoms with van der Waals surface area (Å²) in [7, 11) is 0. The molecule has 0 saturated carbocycles. The molecule has 1 atom stereocenters. The minimum Gasteiger partial charge on any atom is -0.147 e. The van der Waals surface area contributed by atoms with Crippen molar-refractivity contribution in [2.45, 2.75) is 32.2 Å². The molecule has 4 heteroatoms. The van der Waals surface area contributed by atoms with Crippen LogP contribution in [0.15, 0.2) is 51.9 Å². The molecule has 0 saturated heterocycles. The number of hydrogen-bond donors (Lipinski definition) is 0. The number of rotatable bonds is 3. The van der Waals surface area contributed by atoms with Gasteiger partial charge in [0.05, 0.1) is 0 Å². The summed E-state index contributed by atoms with van der Waals surface area (Å²) < 4.78 is 5.94. The first-order valence-corrected chi connectivity index (χ1v) is 20.1. The average Bonchev–Trinajstić information content (AvgIpc) is 3.09. The molecule has 2 aliphatic carbocycles. The fraction of sp³-hybridized carbons (Fsp3) is 0.333. The SMILES string of the molecule is C[CH](C)[Zr]([CH3])(=[SiH2])([C]1=CC=CC1)[CH]1C=Cc2ccccc21.Cl.Cl. The van der Waals surface area contributed by atoms with Crippen LogP contribution in [0.4, 0.5) is 0 Å². The maximum absolute atomic E-state index is 3.02. The van der Waals surface area contributed by atoms with Crippen molar-refractivity contribution in [2.24, 2.45) is 0 Å². The van der Waals surface area contributed by atoms with E-state index in [1.807, 2.05) is 0 Å². The first kappa shape index (κ1) is 20.2. The average molecular weight is 433 g/mol. The Hall–Kier alpha value is 0.120. The zero-order valence-electron chi connectivity index (χ0n) is 13.6. The van der Waals surface area contributed by atoms with Crippen molar-refractivity contribution in [3.63, 3.8) is 0 Å². The van der Waals surface area contributed by atoms with Crippen LogP contribution in [0.25, 0.3) is 6.08 Å². The van der Waals surface area contributed by atoms with Gasteiger partial charge < -0.3 is 0 Å². The van der Waals surface area contributed by atoms with Crippen LogP contribution in [-0.4, -0.2) is 6.88 Å². The van der Waals surface area contributed by atoms with Crippen molar-refractivity contribution in [2.75, 3.05) is 0 Å². The maximum Gasteiger partial charge on any atom is -0.147 e. The Labute approximate surface area is 149 Å². The van der Waals surface area contributed by atoms with E-state index in [4.69, 9.17) is 0 Å². The molecule has 2 aliphatic rings. The van der Waals surface area contributed by atoms with Crippen molar-refractivity contribution in [1.29, 1.82) is 0 Å². The predicted octanol–water partition coefficient (Wildman–Crippen LogP) is 5.56. The van der Waals surface area contributed by atoms with Gasteiger partial charge in [-0.15, -0.1) is 24.8 Å². The van der Waals surface area contributed by atoms with Gasteiger partial charge in [-0.3, -0.25) is 0 Å². The molecule has 3 rings (SSSR count). The zero-order valence-corrected chi connectivity index (χ0v) is 19.1. The molecule has 0 bridgehead atoms. The Morgan fingerprint density at radius 2 is 1.86 bits per heavy atom. The molecule has 120 valence electrons. The second kappa shape index (κ2) is 6.93. The van der Waals surface area contributed by atoms with Gasteiger partial charge in [0.25, 0.3) is 0 Å². The van der Waals surface area contributed by atoms with Crippen LogP contribution in [0.1, 0.15) is 35.0 Å². The number of hydrogen-bond acceptors (Lipinski definition) is 0. The van der Waals surface area contributed by atoms with E-state index in [9.17, 15) is 0 Å². The van der Waals surface area contributed by atoms with E-state index in [1.165, 1.54) is 12.0 Å². The molecule has 1 unspecified atom stereocenters. The molecule has 0 nitrogen and oxygen atoms in total. The Kier molecular flexibility index (Phi) is 6.35. The predicted molar refractivity (Wildman–Crippen MR) is 104 cm³/mol.